The van der Waals surface area contributed by atoms with Gasteiger partial charge in [0.05, 0.1) is 19.2 Å². The van der Waals surface area contributed by atoms with Gasteiger partial charge in [-0.1, -0.05) is 60.7 Å². The van der Waals surface area contributed by atoms with Crippen molar-refractivity contribution in [3.63, 3.8) is 0 Å². The second-order valence-electron chi connectivity index (χ2n) is 8.94. The molecule has 0 aromatic heterocycles. The Balaban J connectivity index is 1.34. The van der Waals surface area contributed by atoms with Gasteiger partial charge in [0.25, 0.3) is 0 Å². The molecule has 2 aromatic rings. The number of esters is 1. The molecule has 0 bridgehead atoms. The van der Waals surface area contributed by atoms with Gasteiger partial charge in [0.2, 0.25) is 0 Å². The van der Waals surface area contributed by atoms with Gasteiger partial charge in [0, 0.05) is 12.8 Å². The number of likely N-dealkylation sites (tertiary alicyclic amines) is 2. The molecule has 4 atom stereocenters. The molecular weight excluding hydrogens is 484 g/mol. The lowest BCUT2D eigenvalue weighted by atomic mass is 10.2. The van der Waals surface area contributed by atoms with E-state index >= 15 is 0 Å². The molecular formula is C26H28N2O9. The number of ether oxygens (including phenoxy) is 3. The monoisotopic (exact) mass is 512 g/mol. The Labute approximate surface area is 213 Å². The fourth-order valence-electron chi connectivity index (χ4n) is 4.40. The van der Waals surface area contributed by atoms with Crippen LogP contribution in [0.3, 0.4) is 0 Å². The first-order valence-corrected chi connectivity index (χ1v) is 11.9. The number of carbonyl (C=O) groups excluding carboxylic acids is 3. The largest absolute Gasteiger partial charge is 0.480 e. The fraction of sp³-hybridized carbons (Fsp3) is 0.385. The predicted molar refractivity (Wildman–Crippen MR) is 127 cm³/mol. The zero-order chi connectivity index (χ0) is 26.4. The van der Waals surface area contributed by atoms with Crippen molar-refractivity contribution in [1.29, 1.82) is 0 Å². The number of carbonyl (C=O) groups is 4. The third-order valence-electron chi connectivity index (χ3n) is 6.26. The second kappa shape index (κ2) is 11.7. The minimum atomic E-state index is -1.25. The molecule has 11 heteroatoms. The molecule has 2 saturated heterocycles. The lowest BCUT2D eigenvalue weighted by molar-refractivity contribution is -0.153. The van der Waals surface area contributed by atoms with E-state index in [1.165, 1.54) is 0 Å². The quantitative estimate of drug-likeness (QED) is 0.421. The summed E-state index contributed by atoms with van der Waals surface area (Å²) in [6.45, 7) is -0.318. The maximum absolute atomic E-state index is 12.9. The Morgan fingerprint density at radius 2 is 1.27 bits per heavy atom. The van der Waals surface area contributed by atoms with Crippen LogP contribution in [0.25, 0.3) is 0 Å². The highest BCUT2D eigenvalue weighted by atomic mass is 16.6. The van der Waals surface area contributed by atoms with E-state index in [-0.39, 0.29) is 39.1 Å². The number of aliphatic hydroxyl groups is 1. The van der Waals surface area contributed by atoms with Crippen molar-refractivity contribution < 1.29 is 43.6 Å². The number of carboxylic acid groups (broad SMARTS) is 1. The number of nitrogens with zero attached hydrogens (tertiary/aromatic N) is 2. The lowest BCUT2D eigenvalue weighted by Gasteiger charge is -2.24. The highest BCUT2D eigenvalue weighted by molar-refractivity contribution is 5.83. The van der Waals surface area contributed by atoms with Gasteiger partial charge < -0.3 is 24.4 Å². The summed E-state index contributed by atoms with van der Waals surface area (Å²) >= 11 is 0. The van der Waals surface area contributed by atoms with Crippen LogP contribution in [0.15, 0.2) is 60.7 Å². The highest BCUT2D eigenvalue weighted by Gasteiger charge is 2.46. The molecule has 196 valence electrons. The molecule has 0 radical (unpaired) electrons. The molecule has 2 aromatic carbocycles. The number of carboxylic acids is 1. The SMILES string of the molecule is O=C(O)[C@@H]1C[C@@H](OC(=O)[C@@H]2C[C@@H](O)CN2C(=O)OCc2ccccc2)CN1C(=O)OCc1ccccc1. The summed E-state index contributed by atoms with van der Waals surface area (Å²) in [7, 11) is 0. The molecule has 2 amide bonds. The van der Waals surface area contributed by atoms with Gasteiger partial charge in [0.15, 0.2) is 0 Å². The Morgan fingerprint density at radius 1 is 0.757 bits per heavy atom. The van der Waals surface area contributed by atoms with Crippen LogP contribution in [-0.4, -0.2) is 81.5 Å². The van der Waals surface area contributed by atoms with Crippen LogP contribution in [0.1, 0.15) is 24.0 Å². The Hall–Kier alpha value is -4.12. The summed E-state index contributed by atoms with van der Waals surface area (Å²) in [5.74, 6) is -2.06. The van der Waals surface area contributed by atoms with Crippen molar-refractivity contribution in [3.05, 3.63) is 71.8 Å². The van der Waals surface area contributed by atoms with Crippen molar-refractivity contribution in [2.24, 2.45) is 0 Å². The van der Waals surface area contributed by atoms with Crippen molar-refractivity contribution in [1.82, 2.24) is 9.80 Å². The van der Waals surface area contributed by atoms with Crippen LogP contribution < -0.4 is 0 Å². The normalized spacial score (nSPS) is 22.9. The predicted octanol–water partition coefficient (Wildman–Crippen LogP) is 2.17. The van der Waals surface area contributed by atoms with Crippen LogP contribution in [0.5, 0.6) is 0 Å². The van der Waals surface area contributed by atoms with E-state index in [1.807, 2.05) is 12.1 Å². The van der Waals surface area contributed by atoms with E-state index in [4.69, 9.17) is 14.2 Å². The number of rotatable bonds is 7. The number of benzene rings is 2. The first kappa shape index (κ1) is 26.0. The van der Waals surface area contributed by atoms with Crippen molar-refractivity contribution in [2.45, 2.75) is 50.3 Å². The summed E-state index contributed by atoms with van der Waals surface area (Å²) in [6.07, 6.45) is -3.65. The van der Waals surface area contributed by atoms with Gasteiger partial charge in [-0.2, -0.15) is 0 Å². The zero-order valence-electron chi connectivity index (χ0n) is 20.0. The molecule has 11 nitrogen and oxygen atoms in total. The zero-order valence-corrected chi connectivity index (χ0v) is 20.0. The summed E-state index contributed by atoms with van der Waals surface area (Å²) in [6, 6.07) is 15.6. The third-order valence-corrected chi connectivity index (χ3v) is 6.26. The van der Waals surface area contributed by atoms with Gasteiger partial charge in [-0.05, 0) is 11.1 Å². The molecule has 2 aliphatic rings. The Kier molecular flexibility index (Phi) is 8.24. The second-order valence-corrected chi connectivity index (χ2v) is 8.94. The maximum atomic E-state index is 12.9. The van der Waals surface area contributed by atoms with Gasteiger partial charge in [-0.25, -0.2) is 19.2 Å². The Bertz CT molecular complexity index is 1110. The number of aliphatic carboxylic acids is 1. The summed E-state index contributed by atoms with van der Waals surface area (Å²) < 4.78 is 16.0. The molecule has 2 aliphatic heterocycles. The van der Waals surface area contributed by atoms with E-state index in [0.29, 0.717) is 0 Å². The van der Waals surface area contributed by atoms with Crippen LogP contribution in [0.2, 0.25) is 0 Å². The van der Waals surface area contributed by atoms with Crippen molar-refractivity contribution in [2.75, 3.05) is 13.1 Å². The standard InChI is InChI=1S/C26H28N2O9/c29-19-11-22(27(13-19)25(33)35-15-17-7-3-1-4-8-17)24(32)37-20-12-21(23(30)31)28(14-20)26(34)36-16-18-9-5-2-6-10-18/h1-10,19-22,29H,11-16H2,(H,30,31)/t19-,20-,21+,22+/m1/s1. The fourth-order valence-corrected chi connectivity index (χ4v) is 4.40. The smallest absolute Gasteiger partial charge is 0.410 e. The molecule has 37 heavy (non-hydrogen) atoms. The van der Waals surface area contributed by atoms with Crippen LogP contribution >= 0.6 is 0 Å². The van der Waals surface area contributed by atoms with E-state index < -0.39 is 48.4 Å². The van der Waals surface area contributed by atoms with Gasteiger partial charge in [-0.15, -0.1) is 0 Å². The van der Waals surface area contributed by atoms with Gasteiger partial charge in [0.1, 0.15) is 31.4 Å². The number of hydrogen-bond acceptors (Lipinski definition) is 8. The number of aliphatic hydroxyl groups excluding tert-OH is 1. The van der Waals surface area contributed by atoms with Gasteiger partial charge in [-0.3, -0.25) is 9.80 Å². The molecule has 2 N–H and O–H groups in total. The number of β-amino-alcohol motifs (C(OH)–C–C–N with tert-alkyl or cyclic N) is 1. The average molecular weight is 513 g/mol. The first-order chi connectivity index (χ1) is 17.8. The van der Waals surface area contributed by atoms with Crippen LogP contribution in [0.4, 0.5) is 9.59 Å². The molecule has 0 spiro atoms. The number of hydrogen-bond donors (Lipinski definition) is 2. The van der Waals surface area contributed by atoms with Gasteiger partial charge >= 0.3 is 24.1 Å². The van der Waals surface area contributed by atoms with E-state index in [9.17, 15) is 29.4 Å². The Morgan fingerprint density at radius 3 is 1.78 bits per heavy atom. The summed E-state index contributed by atoms with van der Waals surface area (Å²) in [5, 5.41) is 19.7. The van der Waals surface area contributed by atoms with Crippen molar-refractivity contribution >= 4 is 24.1 Å². The average Bonchev–Trinajstić information content (AvgIpc) is 3.51. The van der Waals surface area contributed by atoms with E-state index in [2.05, 4.69) is 0 Å². The third kappa shape index (κ3) is 6.56. The minimum absolute atomic E-state index is 0.00297. The molecule has 0 unspecified atom stereocenters. The summed E-state index contributed by atoms with van der Waals surface area (Å²) in [5.41, 5.74) is 1.50. The van der Waals surface area contributed by atoms with E-state index in [1.54, 1.807) is 48.5 Å². The molecule has 0 aliphatic carbocycles. The highest BCUT2D eigenvalue weighted by Crippen LogP contribution is 2.26. The first-order valence-electron chi connectivity index (χ1n) is 11.9. The molecule has 2 heterocycles. The van der Waals surface area contributed by atoms with E-state index in [0.717, 1.165) is 20.9 Å². The molecule has 2 fully saturated rings. The number of amides is 2. The topological polar surface area (TPSA) is 143 Å². The van der Waals surface area contributed by atoms with Crippen LogP contribution in [0, 0.1) is 0 Å². The van der Waals surface area contributed by atoms with Crippen LogP contribution in [-0.2, 0) is 37.0 Å². The minimum Gasteiger partial charge on any atom is -0.480 e. The summed E-state index contributed by atoms with van der Waals surface area (Å²) in [4.78, 5) is 52.0. The molecule has 4 rings (SSSR count). The maximum Gasteiger partial charge on any atom is 0.410 e. The molecule has 0 saturated carbocycles. The van der Waals surface area contributed by atoms with Crippen molar-refractivity contribution in [3.8, 4) is 0 Å². The lowest BCUT2D eigenvalue weighted by Crippen LogP contribution is -2.43.